The lowest BCUT2D eigenvalue weighted by Crippen LogP contribution is -2.39. The molecule has 0 saturated heterocycles. The molecule has 0 radical (unpaired) electrons. The van der Waals surface area contributed by atoms with Crippen molar-refractivity contribution < 1.29 is 13.9 Å². The summed E-state index contributed by atoms with van der Waals surface area (Å²) in [6.07, 6.45) is 0.667. The molecule has 1 aliphatic rings. The Bertz CT molecular complexity index is 1040. The van der Waals surface area contributed by atoms with Crippen LogP contribution in [0, 0.1) is 5.82 Å². The second-order valence-corrected chi connectivity index (χ2v) is 7.26. The molecule has 2 aromatic carbocycles. The van der Waals surface area contributed by atoms with E-state index in [0.29, 0.717) is 26.1 Å². The highest BCUT2D eigenvalue weighted by Crippen LogP contribution is 2.25. The topological polar surface area (TPSA) is 59.4 Å². The molecular weight excluding hydrogens is 395 g/mol. The van der Waals surface area contributed by atoms with Crippen molar-refractivity contribution in [2.24, 2.45) is 7.05 Å². The van der Waals surface area contributed by atoms with Crippen LogP contribution in [-0.2, 0) is 26.6 Å². The van der Waals surface area contributed by atoms with Gasteiger partial charge in [-0.1, -0.05) is 29.8 Å². The average Bonchev–Trinajstić information content (AvgIpc) is 3.04. The molecule has 0 spiro atoms. The second kappa shape index (κ2) is 8.13. The van der Waals surface area contributed by atoms with Crippen molar-refractivity contribution in [3.05, 3.63) is 76.3 Å². The Kier molecular flexibility index (Phi) is 5.40. The van der Waals surface area contributed by atoms with Crippen molar-refractivity contribution in [1.29, 1.82) is 0 Å². The van der Waals surface area contributed by atoms with Crippen molar-refractivity contribution in [2.75, 3.05) is 11.9 Å². The average molecular weight is 415 g/mol. The molecule has 0 aliphatic carbocycles. The number of para-hydroxylation sites is 1. The van der Waals surface area contributed by atoms with Crippen LogP contribution in [-0.4, -0.2) is 27.3 Å². The first-order valence-electron chi connectivity index (χ1n) is 9.23. The van der Waals surface area contributed by atoms with E-state index in [2.05, 4.69) is 10.4 Å². The van der Waals surface area contributed by atoms with Gasteiger partial charge in [0.05, 0.1) is 12.2 Å². The normalized spacial score (nSPS) is 13.1. The van der Waals surface area contributed by atoms with Crippen molar-refractivity contribution in [3.63, 3.8) is 0 Å². The summed E-state index contributed by atoms with van der Waals surface area (Å²) in [7, 11) is 1.89. The number of benzene rings is 2. The zero-order valence-electron chi connectivity index (χ0n) is 15.9. The number of hydrogen-bond acceptors (Lipinski definition) is 3. The van der Waals surface area contributed by atoms with Gasteiger partial charge in [0.15, 0.2) is 0 Å². The van der Waals surface area contributed by atoms with Gasteiger partial charge in [-0.3, -0.25) is 4.68 Å². The fourth-order valence-corrected chi connectivity index (χ4v) is 3.57. The summed E-state index contributed by atoms with van der Waals surface area (Å²) < 4.78 is 21.7. The van der Waals surface area contributed by atoms with Gasteiger partial charge in [-0.2, -0.15) is 5.10 Å². The number of nitrogens with one attached hydrogen (secondary N) is 1. The van der Waals surface area contributed by atoms with Crippen molar-refractivity contribution in [2.45, 2.75) is 19.6 Å². The predicted molar refractivity (Wildman–Crippen MR) is 109 cm³/mol. The molecule has 3 aromatic rings. The van der Waals surface area contributed by atoms with Crippen LogP contribution >= 0.6 is 11.6 Å². The van der Waals surface area contributed by atoms with Crippen LogP contribution in [0.25, 0.3) is 0 Å². The van der Waals surface area contributed by atoms with Gasteiger partial charge in [-0.25, -0.2) is 9.18 Å². The fourth-order valence-electron chi connectivity index (χ4n) is 3.41. The third kappa shape index (κ3) is 4.19. The summed E-state index contributed by atoms with van der Waals surface area (Å²) in [6.45, 7) is 1.22. The van der Waals surface area contributed by atoms with E-state index in [1.54, 1.807) is 4.90 Å². The zero-order valence-corrected chi connectivity index (χ0v) is 16.6. The minimum Gasteiger partial charge on any atom is -0.487 e. The van der Waals surface area contributed by atoms with E-state index in [0.717, 1.165) is 22.7 Å². The number of urea groups is 1. The molecule has 150 valence electrons. The molecule has 8 heteroatoms. The van der Waals surface area contributed by atoms with Crippen LogP contribution < -0.4 is 10.1 Å². The number of carbonyl (C=O) groups excluding carboxylic acids is 1. The number of carbonyl (C=O) groups is 1. The highest BCUT2D eigenvalue weighted by molar-refractivity contribution is 6.30. The van der Waals surface area contributed by atoms with E-state index < -0.39 is 5.82 Å². The molecule has 4 rings (SSSR count). The van der Waals surface area contributed by atoms with E-state index in [1.165, 1.54) is 18.2 Å². The number of halogens is 2. The van der Waals surface area contributed by atoms with Gasteiger partial charge in [0.1, 0.15) is 23.9 Å². The molecule has 0 unspecified atom stereocenters. The van der Waals surface area contributed by atoms with E-state index in [1.807, 2.05) is 42.1 Å². The van der Waals surface area contributed by atoms with Gasteiger partial charge in [-0.05, 0) is 30.3 Å². The molecule has 29 heavy (non-hydrogen) atoms. The van der Waals surface area contributed by atoms with E-state index >= 15 is 0 Å². The van der Waals surface area contributed by atoms with Crippen LogP contribution in [0.15, 0.2) is 48.5 Å². The van der Waals surface area contributed by atoms with E-state index in [4.69, 9.17) is 16.3 Å². The number of ether oxygens (including phenoxy) is 1. The number of nitrogens with zero attached hydrogens (tertiary/aromatic N) is 3. The van der Waals surface area contributed by atoms with Crippen LogP contribution in [0.3, 0.4) is 0 Å². The lowest BCUT2D eigenvalue weighted by Gasteiger charge is -2.28. The molecule has 0 atom stereocenters. The van der Waals surface area contributed by atoms with Crippen LogP contribution in [0.5, 0.6) is 5.75 Å². The lowest BCUT2D eigenvalue weighted by atomic mass is 10.1. The molecular formula is C21H20ClFN4O2. The number of anilines is 1. The van der Waals surface area contributed by atoms with Crippen LogP contribution in [0.4, 0.5) is 14.9 Å². The summed E-state index contributed by atoms with van der Waals surface area (Å²) in [4.78, 5) is 14.3. The van der Waals surface area contributed by atoms with Gasteiger partial charge in [-0.15, -0.1) is 0 Å². The molecule has 2 amide bonds. The zero-order chi connectivity index (χ0) is 20.4. The maximum absolute atomic E-state index is 14.0. The van der Waals surface area contributed by atoms with Crippen molar-refractivity contribution in [1.82, 2.24) is 14.7 Å². The summed E-state index contributed by atoms with van der Waals surface area (Å²) >= 11 is 5.77. The first-order chi connectivity index (χ1) is 14.0. The highest BCUT2D eigenvalue weighted by Gasteiger charge is 2.27. The van der Waals surface area contributed by atoms with Gasteiger partial charge in [0.25, 0.3) is 0 Å². The van der Waals surface area contributed by atoms with Crippen LogP contribution in [0.1, 0.15) is 17.0 Å². The maximum atomic E-state index is 14.0. The number of fused-ring (bicyclic) bond motifs is 1. The summed E-state index contributed by atoms with van der Waals surface area (Å²) in [5.74, 6) is 0.192. The maximum Gasteiger partial charge on any atom is 0.322 e. The monoisotopic (exact) mass is 414 g/mol. The third-order valence-corrected chi connectivity index (χ3v) is 5.14. The Morgan fingerprint density at radius 2 is 2.07 bits per heavy atom. The standard InChI is InChI=1S/C21H20ClFN4O2/c1-26-20-9-10-27(21(28)24-18-8-7-14(22)11-17(18)23)12-16(20)19(25-26)13-29-15-5-3-2-4-6-15/h2-8,11H,9-10,12-13H2,1H3,(H,24,28). The molecule has 1 aliphatic heterocycles. The molecule has 6 nitrogen and oxygen atoms in total. The molecule has 2 heterocycles. The van der Waals surface area contributed by atoms with Crippen molar-refractivity contribution in [3.8, 4) is 5.75 Å². The SMILES string of the molecule is Cn1nc(COc2ccccc2)c2c1CCN(C(=O)Nc1ccc(Cl)cc1F)C2. The summed E-state index contributed by atoms with van der Waals surface area (Å²) in [6, 6.07) is 13.3. The first-order valence-corrected chi connectivity index (χ1v) is 9.61. The molecule has 1 aromatic heterocycles. The first kappa shape index (κ1) is 19.3. The predicted octanol–water partition coefficient (Wildman–Crippen LogP) is 4.38. The third-order valence-electron chi connectivity index (χ3n) is 4.90. The summed E-state index contributed by atoms with van der Waals surface area (Å²) in [5, 5.41) is 7.46. The number of aryl methyl sites for hydroxylation is 1. The Balaban J connectivity index is 1.47. The van der Waals surface area contributed by atoms with Gasteiger partial charge in [0.2, 0.25) is 0 Å². The van der Waals surface area contributed by atoms with Crippen LogP contribution in [0.2, 0.25) is 5.02 Å². The van der Waals surface area contributed by atoms with E-state index in [-0.39, 0.29) is 16.7 Å². The van der Waals surface area contributed by atoms with Crippen molar-refractivity contribution >= 4 is 23.3 Å². The van der Waals surface area contributed by atoms with Gasteiger partial charge in [0, 0.05) is 36.3 Å². The Labute approximate surface area is 172 Å². The smallest absolute Gasteiger partial charge is 0.322 e. The largest absolute Gasteiger partial charge is 0.487 e. The van der Waals surface area contributed by atoms with Gasteiger partial charge >= 0.3 is 6.03 Å². The van der Waals surface area contributed by atoms with Gasteiger partial charge < -0.3 is 15.0 Å². The Morgan fingerprint density at radius 3 is 2.83 bits per heavy atom. The molecule has 1 N–H and O–H groups in total. The fraction of sp³-hybridized carbons (Fsp3) is 0.238. The Morgan fingerprint density at radius 1 is 1.28 bits per heavy atom. The number of amides is 2. The lowest BCUT2D eigenvalue weighted by molar-refractivity contribution is 0.205. The quantitative estimate of drug-likeness (QED) is 0.689. The van der Waals surface area contributed by atoms with E-state index in [9.17, 15) is 9.18 Å². The highest BCUT2D eigenvalue weighted by atomic mass is 35.5. The minimum atomic E-state index is -0.568. The number of aromatic nitrogens is 2. The molecule has 0 fully saturated rings. The number of hydrogen-bond donors (Lipinski definition) is 1. The molecule has 0 saturated carbocycles. The second-order valence-electron chi connectivity index (χ2n) is 6.82. The molecule has 0 bridgehead atoms. The Hall–Kier alpha value is -3.06. The minimum absolute atomic E-state index is 0.101. The number of rotatable bonds is 4. The summed E-state index contributed by atoms with van der Waals surface area (Å²) in [5.41, 5.74) is 2.95.